The Kier molecular flexibility index (Phi) is 4.37. The van der Waals surface area contributed by atoms with Gasteiger partial charge >= 0.3 is 0 Å². The van der Waals surface area contributed by atoms with E-state index in [0.717, 1.165) is 18.8 Å². The van der Waals surface area contributed by atoms with Crippen LogP contribution in [0, 0.1) is 5.92 Å². The molecule has 2 unspecified atom stereocenters. The maximum atomic E-state index is 5.62. The van der Waals surface area contributed by atoms with Crippen LogP contribution in [0.2, 0.25) is 0 Å². The molecule has 1 aliphatic carbocycles. The average molecular weight is 180 g/mol. The second-order valence-corrected chi connectivity index (χ2v) is 3.44. The van der Waals surface area contributed by atoms with Crippen molar-refractivity contribution in [2.75, 3.05) is 13.7 Å². The van der Waals surface area contributed by atoms with Crippen molar-refractivity contribution in [1.29, 1.82) is 0 Å². The molecule has 2 N–H and O–H groups in total. The molecule has 3 heteroatoms. The fraction of sp³-hybridized carbons (Fsp3) is 1.00. The topological polar surface area (TPSA) is 35.2 Å². The molecule has 1 fully saturated rings. The van der Waals surface area contributed by atoms with Crippen molar-refractivity contribution < 1.29 is 4.74 Å². The summed E-state index contributed by atoms with van der Waals surface area (Å²) in [6.45, 7) is 2.93. The van der Waals surface area contributed by atoms with Crippen LogP contribution in [0.5, 0.6) is 0 Å². The molecule has 2 atom stereocenters. The smallest absolute Gasteiger partial charge is 0.0803 e. The lowest BCUT2D eigenvalue weighted by atomic mass is 10.0. The van der Waals surface area contributed by atoms with E-state index in [2.05, 4.69) is 6.92 Å². The second kappa shape index (κ2) is 4.29. The van der Waals surface area contributed by atoms with Crippen LogP contribution in [0.25, 0.3) is 0 Å². The summed E-state index contributed by atoms with van der Waals surface area (Å²) in [7, 11) is 1.77. The first kappa shape index (κ1) is 11.2. The van der Waals surface area contributed by atoms with E-state index in [1.807, 2.05) is 0 Å². The van der Waals surface area contributed by atoms with Crippen LogP contribution in [-0.2, 0) is 4.74 Å². The van der Waals surface area contributed by atoms with Gasteiger partial charge in [0, 0.05) is 13.7 Å². The van der Waals surface area contributed by atoms with Gasteiger partial charge in [-0.15, -0.1) is 12.4 Å². The Labute approximate surface area is 74.9 Å². The normalized spacial score (nSPS) is 36.8. The van der Waals surface area contributed by atoms with Crippen LogP contribution >= 0.6 is 12.4 Å². The third-order valence-corrected chi connectivity index (χ3v) is 2.62. The van der Waals surface area contributed by atoms with Crippen LogP contribution in [0.3, 0.4) is 0 Å². The molecular weight excluding hydrogens is 162 g/mol. The minimum atomic E-state index is 0. The largest absolute Gasteiger partial charge is 0.377 e. The van der Waals surface area contributed by atoms with Gasteiger partial charge in [-0.3, -0.25) is 0 Å². The molecule has 0 saturated heterocycles. The van der Waals surface area contributed by atoms with Crippen LogP contribution in [0.1, 0.15) is 26.2 Å². The van der Waals surface area contributed by atoms with Crippen LogP contribution in [0.4, 0.5) is 0 Å². The van der Waals surface area contributed by atoms with Crippen molar-refractivity contribution in [3.8, 4) is 0 Å². The predicted molar refractivity (Wildman–Crippen MR) is 49.1 cm³/mol. The van der Waals surface area contributed by atoms with Gasteiger partial charge in [0.15, 0.2) is 0 Å². The molecule has 11 heavy (non-hydrogen) atoms. The molecule has 1 rings (SSSR count). The Morgan fingerprint density at radius 3 is 2.45 bits per heavy atom. The first-order valence-corrected chi connectivity index (χ1v) is 3.98. The highest BCUT2D eigenvalue weighted by atomic mass is 35.5. The standard InChI is InChI=1S/C8H17NO.ClH/c1-7-3-4-8(5-7,6-9)10-2;/h7H,3-6,9H2,1-2H3;1H. The number of ether oxygens (including phenoxy) is 1. The minimum Gasteiger partial charge on any atom is -0.377 e. The van der Waals surface area contributed by atoms with E-state index in [0.29, 0.717) is 6.54 Å². The molecule has 0 bridgehead atoms. The molecule has 0 aromatic rings. The Bertz CT molecular complexity index is 115. The Hall–Kier alpha value is 0.210. The van der Waals surface area contributed by atoms with E-state index in [-0.39, 0.29) is 18.0 Å². The maximum Gasteiger partial charge on any atom is 0.0803 e. The second-order valence-electron chi connectivity index (χ2n) is 3.44. The minimum absolute atomic E-state index is 0. The zero-order valence-corrected chi connectivity index (χ0v) is 8.12. The highest BCUT2D eigenvalue weighted by Crippen LogP contribution is 2.35. The van der Waals surface area contributed by atoms with Crippen molar-refractivity contribution in [3.05, 3.63) is 0 Å². The molecule has 1 aliphatic rings. The molecule has 0 aromatic carbocycles. The molecule has 0 amide bonds. The van der Waals surface area contributed by atoms with Gasteiger partial charge in [0.2, 0.25) is 0 Å². The lowest BCUT2D eigenvalue weighted by Gasteiger charge is -2.25. The predicted octanol–water partition coefficient (Wildman–Crippen LogP) is 1.57. The van der Waals surface area contributed by atoms with Gasteiger partial charge in [-0.05, 0) is 25.2 Å². The summed E-state index contributed by atoms with van der Waals surface area (Å²) in [5.41, 5.74) is 5.64. The van der Waals surface area contributed by atoms with E-state index < -0.39 is 0 Å². The van der Waals surface area contributed by atoms with Crippen molar-refractivity contribution in [2.45, 2.75) is 31.8 Å². The Balaban J connectivity index is 0.000001000. The maximum absolute atomic E-state index is 5.62. The molecule has 68 valence electrons. The fourth-order valence-corrected chi connectivity index (χ4v) is 1.80. The third kappa shape index (κ3) is 2.32. The molecule has 2 nitrogen and oxygen atoms in total. The molecule has 0 spiro atoms. The highest BCUT2D eigenvalue weighted by Gasteiger charge is 2.35. The monoisotopic (exact) mass is 179 g/mol. The van der Waals surface area contributed by atoms with Crippen LogP contribution in [-0.4, -0.2) is 19.3 Å². The number of rotatable bonds is 2. The van der Waals surface area contributed by atoms with Gasteiger partial charge in [-0.1, -0.05) is 6.92 Å². The van der Waals surface area contributed by atoms with Gasteiger partial charge < -0.3 is 10.5 Å². The summed E-state index contributed by atoms with van der Waals surface area (Å²) in [5, 5.41) is 0. The van der Waals surface area contributed by atoms with Crippen molar-refractivity contribution in [3.63, 3.8) is 0 Å². The van der Waals surface area contributed by atoms with Gasteiger partial charge in [0.25, 0.3) is 0 Å². The average Bonchev–Trinajstić information content (AvgIpc) is 2.33. The SMILES string of the molecule is COC1(CN)CCC(C)C1.Cl. The quantitative estimate of drug-likeness (QED) is 0.699. The fourth-order valence-electron chi connectivity index (χ4n) is 1.80. The zero-order chi connectivity index (χ0) is 7.61. The molecule has 0 aliphatic heterocycles. The van der Waals surface area contributed by atoms with E-state index in [4.69, 9.17) is 10.5 Å². The summed E-state index contributed by atoms with van der Waals surface area (Å²) in [6.07, 6.45) is 3.55. The summed E-state index contributed by atoms with van der Waals surface area (Å²) in [4.78, 5) is 0. The number of nitrogens with two attached hydrogens (primary N) is 1. The van der Waals surface area contributed by atoms with E-state index in [9.17, 15) is 0 Å². The Morgan fingerprint density at radius 2 is 2.27 bits per heavy atom. The van der Waals surface area contributed by atoms with Gasteiger partial charge in [-0.25, -0.2) is 0 Å². The Morgan fingerprint density at radius 1 is 1.64 bits per heavy atom. The third-order valence-electron chi connectivity index (χ3n) is 2.62. The summed E-state index contributed by atoms with van der Waals surface area (Å²) < 4.78 is 5.39. The van der Waals surface area contributed by atoms with Crippen LogP contribution in [0.15, 0.2) is 0 Å². The lowest BCUT2D eigenvalue weighted by molar-refractivity contribution is 0.00104. The van der Waals surface area contributed by atoms with Gasteiger partial charge in [-0.2, -0.15) is 0 Å². The number of halogens is 1. The number of hydrogen-bond donors (Lipinski definition) is 1. The summed E-state index contributed by atoms with van der Waals surface area (Å²) in [6, 6.07) is 0. The summed E-state index contributed by atoms with van der Waals surface area (Å²) >= 11 is 0. The molecule has 0 radical (unpaired) electrons. The first-order chi connectivity index (χ1) is 4.72. The molecule has 0 aromatic heterocycles. The van der Waals surface area contributed by atoms with Crippen molar-refractivity contribution >= 4 is 12.4 Å². The summed E-state index contributed by atoms with van der Waals surface area (Å²) in [5.74, 6) is 0.795. The number of methoxy groups -OCH3 is 1. The molecule has 1 saturated carbocycles. The number of hydrogen-bond acceptors (Lipinski definition) is 2. The lowest BCUT2D eigenvalue weighted by Crippen LogP contribution is -2.36. The first-order valence-electron chi connectivity index (χ1n) is 3.98. The van der Waals surface area contributed by atoms with E-state index >= 15 is 0 Å². The zero-order valence-electron chi connectivity index (χ0n) is 7.30. The van der Waals surface area contributed by atoms with Crippen LogP contribution < -0.4 is 5.73 Å². The highest BCUT2D eigenvalue weighted by molar-refractivity contribution is 5.85. The molecule has 0 heterocycles. The van der Waals surface area contributed by atoms with Gasteiger partial charge in [0.1, 0.15) is 0 Å². The van der Waals surface area contributed by atoms with Crippen molar-refractivity contribution in [1.82, 2.24) is 0 Å². The molecular formula is C8H18ClNO. The van der Waals surface area contributed by atoms with E-state index in [1.54, 1.807) is 7.11 Å². The van der Waals surface area contributed by atoms with E-state index in [1.165, 1.54) is 6.42 Å². The van der Waals surface area contributed by atoms with Crippen molar-refractivity contribution in [2.24, 2.45) is 11.7 Å². The van der Waals surface area contributed by atoms with Gasteiger partial charge in [0.05, 0.1) is 5.60 Å².